The summed E-state index contributed by atoms with van der Waals surface area (Å²) in [4.78, 5) is 0. The fourth-order valence-electron chi connectivity index (χ4n) is 3.89. The number of fused-ring (bicyclic) bond motifs is 1. The zero-order chi connectivity index (χ0) is 20.8. The van der Waals surface area contributed by atoms with Gasteiger partial charge in [-0.05, 0) is 17.7 Å². The minimum absolute atomic E-state index is 0.0452. The van der Waals surface area contributed by atoms with Gasteiger partial charge in [0.25, 0.3) is 0 Å². The third kappa shape index (κ3) is 4.91. The molecule has 6 heteroatoms. The van der Waals surface area contributed by atoms with Crippen molar-refractivity contribution >= 4 is 0 Å². The summed E-state index contributed by atoms with van der Waals surface area (Å²) in [6.07, 6.45) is 0.743. The lowest BCUT2D eigenvalue weighted by Gasteiger charge is -2.46. The van der Waals surface area contributed by atoms with E-state index in [0.717, 1.165) is 16.9 Å². The molecule has 2 aliphatic heterocycles. The van der Waals surface area contributed by atoms with Gasteiger partial charge in [0.1, 0.15) is 18.0 Å². The highest BCUT2D eigenvalue weighted by Crippen LogP contribution is 2.33. The first-order valence-corrected chi connectivity index (χ1v) is 10.3. The molecule has 2 aromatic carbocycles. The van der Waals surface area contributed by atoms with E-state index in [9.17, 15) is 0 Å². The number of nitrogens with one attached hydrogen (secondary N) is 1. The van der Waals surface area contributed by atoms with Gasteiger partial charge in [-0.1, -0.05) is 48.5 Å². The largest absolute Gasteiger partial charge is 0.497 e. The molecule has 30 heavy (non-hydrogen) atoms. The van der Waals surface area contributed by atoms with Crippen LogP contribution in [0.2, 0.25) is 0 Å². The average molecular weight is 411 g/mol. The van der Waals surface area contributed by atoms with Crippen molar-refractivity contribution in [3.63, 3.8) is 0 Å². The Morgan fingerprint density at radius 3 is 2.63 bits per heavy atom. The number of hydrogen-bond acceptors (Lipinski definition) is 6. The highest BCUT2D eigenvalue weighted by Gasteiger charge is 2.45. The highest BCUT2D eigenvalue weighted by atomic mass is 16.7. The van der Waals surface area contributed by atoms with Crippen molar-refractivity contribution in [3.8, 4) is 5.75 Å². The topological polar surface area (TPSA) is 58.2 Å². The van der Waals surface area contributed by atoms with Crippen LogP contribution < -0.4 is 10.1 Å². The molecule has 0 radical (unpaired) electrons. The van der Waals surface area contributed by atoms with E-state index in [1.165, 1.54) is 0 Å². The fraction of sp³-hybridized carbons (Fsp3) is 0.417. The van der Waals surface area contributed by atoms with Gasteiger partial charge in [-0.15, -0.1) is 6.58 Å². The number of hydrogen-bond donors (Lipinski definition) is 1. The van der Waals surface area contributed by atoms with Crippen molar-refractivity contribution < 1.29 is 23.7 Å². The van der Waals surface area contributed by atoms with Gasteiger partial charge in [-0.3, -0.25) is 0 Å². The standard InChI is InChI=1S/C24H29NO5/c1-3-13-27-21-14-25-20-16-29-24(18-9-11-19(26-2)12-10-18)30-22(20)23(21)28-15-17-7-5-4-6-8-17/h3-12,20-25H,1,13-16H2,2H3/t20-,21+,22-,23-,24?/m1/s1. The number of piperidine rings is 1. The summed E-state index contributed by atoms with van der Waals surface area (Å²) in [7, 11) is 1.65. The van der Waals surface area contributed by atoms with Crippen LogP contribution in [0.4, 0.5) is 0 Å². The molecule has 0 aromatic heterocycles. The Morgan fingerprint density at radius 2 is 1.90 bits per heavy atom. The normalized spacial score (nSPS) is 28.5. The van der Waals surface area contributed by atoms with Crippen molar-refractivity contribution in [2.75, 3.05) is 26.9 Å². The van der Waals surface area contributed by atoms with Crippen molar-refractivity contribution in [2.45, 2.75) is 37.3 Å². The maximum Gasteiger partial charge on any atom is 0.184 e. The van der Waals surface area contributed by atoms with Crippen LogP contribution in [-0.2, 0) is 25.6 Å². The van der Waals surface area contributed by atoms with Gasteiger partial charge in [-0.25, -0.2) is 0 Å². The quantitative estimate of drug-likeness (QED) is 0.673. The Hall–Kier alpha value is -2.22. The summed E-state index contributed by atoms with van der Waals surface area (Å²) in [6, 6.07) is 17.9. The minimum Gasteiger partial charge on any atom is -0.497 e. The van der Waals surface area contributed by atoms with Crippen molar-refractivity contribution in [3.05, 3.63) is 78.4 Å². The average Bonchev–Trinajstić information content (AvgIpc) is 2.82. The molecule has 1 unspecified atom stereocenters. The Bertz CT molecular complexity index is 797. The second-order valence-corrected chi connectivity index (χ2v) is 7.48. The molecule has 2 heterocycles. The van der Waals surface area contributed by atoms with Gasteiger partial charge in [0.05, 0.1) is 39.1 Å². The molecular weight excluding hydrogens is 382 g/mol. The fourth-order valence-corrected chi connectivity index (χ4v) is 3.89. The van der Waals surface area contributed by atoms with E-state index >= 15 is 0 Å². The maximum atomic E-state index is 6.40. The van der Waals surface area contributed by atoms with E-state index in [4.69, 9.17) is 23.7 Å². The van der Waals surface area contributed by atoms with Crippen LogP contribution in [0.1, 0.15) is 17.4 Å². The molecule has 5 atom stereocenters. The lowest BCUT2D eigenvalue weighted by Crippen LogP contribution is -2.65. The highest BCUT2D eigenvalue weighted by molar-refractivity contribution is 5.28. The van der Waals surface area contributed by atoms with Gasteiger partial charge in [0.15, 0.2) is 6.29 Å². The third-order valence-electron chi connectivity index (χ3n) is 5.48. The Balaban J connectivity index is 1.50. The molecular formula is C24H29NO5. The lowest BCUT2D eigenvalue weighted by molar-refractivity contribution is -0.277. The van der Waals surface area contributed by atoms with Crippen molar-refractivity contribution in [2.24, 2.45) is 0 Å². The molecule has 160 valence electrons. The number of rotatable bonds is 8. The first-order valence-electron chi connectivity index (χ1n) is 10.3. The number of benzene rings is 2. The lowest BCUT2D eigenvalue weighted by atomic mass is 9.94. The molecule has 2 saturated heterocycles. The van der Waals surface area contributed by atoms with Crippen molar-refractivity contribution in [1.29, 1.82) is 0 Å². The van der Waals surface area contributed by atoms with E-state index < -0.39 is 6.29 Å². The monoisotopic (exact) mass is 411 g/mol. The van der Waals surface area contributed by atoms with Gasteiger partial charge < -0.3 is 29.0 Å². The molecule has 2 aliphatic rings. The summed E-state index contributed by atoms with van der Waals surface area (Å²) in [5.74, 6) is 0.800. The Morgan fingerprint density at radius 1 is 1.10 bits per heavy atom. The smallest absolute Gasteiger partial charge is 0.184 e. The number of ether oxygens (including phenoxy) is 5. The molecule has 2 fully saturated rings. The van der Waals surface area contributed by atoms with Crippen LogP contribution >= 0.6 is 0 Å². The molecule has 0 spiro atoms. The Kier molecular flexibility index (Phi) is 7.15. The van der Waals surface area contributed by atoms with Crippen molar-refractivity contribution in [1.82, 2.24) is 5.32 Å². The Labute approximate surface area is 177 Å². The second-order valence-electron chi connectivity index (χ2n) is 7.48. The van der Waals surface area contributed by atoms with Gasteiger partial charge in [-0.2, -0.15) is 0 Å². The second kappa shape index (κ2) is 10.2. The molecule has 4 rings (SSSR count). The molecule has 1 N–H and O–H groups in total. The summed E-state index contributed by atoms with van der Waals surface area (Å²) >= 11 is 0. The van der Waals surface area contributed by atoms with Crippen LogP contribution in [-0.4, -0.2) is 51.2 Å². The van der Waals surface area contributed by atoms with Crippen LogP contribution in [0, 0.1) is 0 Å². The van der Waals surface area contributed by atoms with E-state index in [1.807, 2.05) is 42.5 Å². The summed E-state index contributed by atoms with van der Waals surface area (Å²) in [5, 5.41) is 3.49. The maximum absolute atomic E-state index is 6.40. The summed E-state index contributed by atoms with van der Waals surface area (Å²) in [6.45, 7) is 5.95. The van der Waals surface area contributed by atoms with Gasteiger partial charge >= 0.3 is 0 Å². The van der Waals surface area contributed by atoms with Gasteiger partial charge in [0.2, 0.25) is 0 Å². The third-order valence-corrected chi connectivity index (χ3v) is 5.48. The summed E-state index contributed by atoms with van der Waals surface area (Å²) < 4.78 is 30.0. The van der Waals surface area contributed by atoms with E-state index in [0.29, 0.717) is 26.4 Å². The van der Waals surface area contributed by atoms with E-state index in [2.05, 4.69) is 24.0 Å². The molecule has 0 saturated carbocycles. The van der Waals surface area contributed by atoms with E-state index in [-0.39, 0.29) is 24.4 Å². The summed E-state index contributed by atoms with van der Waals surface area (Å²) in [5.41, 5.74) is 2.07. The SMILES string of the molecule is C=CCO[C@H]1CN[C@@H]2COC(c3ccc(OC)cc3)O[C@H]2[C@@H]1OCc1ccccc1. The van der Waals surface area contributed by atoms with Gasteiger partial charge in [0, 0.05) is 12.1 Å². The van der Waals surface area contributed by atoms with E-state index in [1.54, 1.807) is 13.2 Å². The molecule has 0 amide bonds. The van der Waals surface area contributed by atoms with Crippen LogP contribution in [0.3, 0.4) is 0 Å². The first kappa shape index (κ1) is 21.0. The number of methoxy groups -OCH3 is 1. The minimum atomic E-state index is -0.458. The zero-order valence-electron chi connectivity index (χ0n) is 17.2. The predicted molar refractivity (Wildman–Crippen MR) is 113 cm³/mol. The molecule has 2 aromatic rings. The molecule has 6 nitrogen and oxygen atoms in total. The first-order chi connectivity index (χ1) is 14.8. The zero-order valence-corrected chi connectivity index (χ0v) is 17.2. The molecule has 0 aliphatic carbocycles. The van der Waals surface area contributed by atoms with Crippen LogP contribution in [0.25, 0.3) is 0 Å². The van der Waals surface area contributed by atoms with Crippen LogP contribution in [0.15, 0.2) is 67.3 Å². The molecule has 0 bridgehead atoms. The van der Waals surface area contributed by atoms with Crippen LogP contribution in [0.5, 0.6) is 5.75 Å². The predicted octanol–water partition coefficient (Wildman–Crippen LogP) is 3.24.